The molecule has 0 fully saturated rings. The van der Waals surface area contributed by atoms with E-state index < -0.39 is 18.0 Å². The molecule has 0 saturated carbocycles. The Morgan fingerprint density at radius 1 is 1.35 bits per heavy atom. The molecule has 0 heterocycles. The number of nitrogens with one attached hydrogen (secondary N) is 2. The van der Waals surface area contributed by atoms with Crippen LogP contribution in [0.2, 0.25) is 0 Å². The number of aryl methyl sites for hydroxylation is 1. The van der Waals surface area contributed by atoms with Crippen LogP contribution in [0.3, 0.4) is 0 Å². The Hall–Kier alpha value is -2.04. The molecule has 0 bridgehead atoms. The zero-order valence-electron chi connectivity index (χ0n) is 10.1. The third kappa shape index (κ3) is 4.14. The van der Waals surface area contributed by atoms with Gasteiger partial charge in [-0.1, -0.05) is 12.1 Å². The van der Waals surface area contributed by atoms with Crippen LogP contribution in [0.15, 0.2) is 24.3 Å². The van der Waals surface area contributed by atoms with Crippen molar-refractivity contribution in [3.05, 3.63) is 29.8 Å². The fourth-order valence-electron chi connectivity index (χ4n) is 1.32. The number of rotatable bonds is 3. The van der Waals surface area contributed by atoms with Crippen molar-refractivity contribution in [1.29, 1.82) is 0 Å². The first kappa shape index (κ1) is 13.0. The molecule has 1 aromatic carbocycles. The average molecular weight is 236 g/mol. The second-order valence-electron chi connectivity index (χ2n) is 3.71. The number of urea groups is 1. The van der Waals surface area contributed by atoms with Gasteiger partial charge in [-0.05, 0) is 31.5 Å². The highest BCUT2D eigenvalue weighted by molar-refractivity contribution is 5.92. The minimum atomic E-state index is -0.676. The Bertz CT molecular complexity index is 418. The summed E-state index contributed by atoms with van der Waals surface area (Å²) in [6.45, 7) is 3.49. The molecule has 0 radical (unpaired) electrons. The van der Waals surface area contributed by atoms with Crippen molar-refractivity contribution < 1.29 is 14.3 Å². The summed E-state index contributed by atoms with van der Waals surface area (Å²) >= 11 is 0. The maximum absolute atomic E-state index is 11.5. The van der Waals surface area contributed by atoms with Crippen molar-refractivity contribution in [2.24, 2.45) is 0 Å². The summed E-state index contributed by atoms with van der Waals surface area (Å²) in [6.07, 6.45) is 0. The first-order valence-corrected chi connectivity index (χ1v) is 5.25. The SMILES string of the molecule is COC(=O)[C@H](C)NC(=O)Nc1cccc(C)c1. The molecule has 0 aliphatic rings. The number of ether oxygens (including phenoxy) is 1. The number of hydrogen-bond donors (Lipinski definition) is 2. The smallest absolute Gasteiger partial charge is 0.328 e. The standard InChI is InChI=1S/C12H16N2O3/c1-8-5-4-6-10(7-8)14-12(16)13-9(2)11(15)17-3/h4-7,9H,1-3H3,(H2,13,14,16)/t9-/m0/s1. The van der Waals surface area contributed by atoms with Crippen LogP contribution < -0.4 is 10.6 Å². The third-order valence-electron chi connectivity index (χ3n) is 2.18. The molecule has 92 valence electrons. The van der Waals surface area contributed by atoms with Gasteiger partial charge in [-0.25, -0.2) is 9.59 Å². The number of anilines is 1. The van der Waals surface area contributed by atoms with Crippen molar-refractivity contribution in [2.45, 2.75) is 19.9 Å². The van der Waals surface area contributed by atoms with Crippen LogP contribution in [-0.2, 0) is 9.53 Å². The van der Waals surface area contributed by atoms with Gasteiger partial charge in [-0.3, -0.25) is 0 Å². The van der Waals surface area contributed by atoms with Crippen LogP contribution in [0.5, 0.6) is 0 Å². The number of carbonyl (C=O) groups is 2. The molecule has 17 heavy (non-hydrogen) atoms. The molecule has 0 aliphatic heterocycles. The molecule has 0 saturated heterocycles. The molecule has 2 amide bonds. The number of esters is 1. The summed E-state index contributed by atoms with van der Waals surface area (Å²) in [4.78, 5) is 22.6. The Morgan fingerprint density at radius 2 is 2.06 bits per heavy atom. The lowest BCUT2D eigenvalue weighted by molar-refractivity contribution is -0.142. The molecule has 0 spiro atoms. The number of amides is 2. The van der Waals surface area contributed by atoms with Gasteiger partial charge in [0.1, 0.15) is 6.04 Å². The van der Waals surface area contributed by atoms with Gasteiger partial charge in [0.2, 0.25) is 0 Å². The second-order valence-corrected chi connectivity index (χ2v) is 3.71. The fraction of sp³-hybridized carbons (Fsp3) is 0.333. The first-order chi connectivity index (χ1) is 8.02. The number of carbonyl (C=O) groups excluding carboxylic acids is 2. The number of hydrogen-bond acceptors (Lipinski definition) is 3. The number of benzene rings is 1. The second kappa shape index (κ2) is 5.89. The minimum absolute atomic E-state index is 0.437. The largest absolute Gasteiger partial charge is 0.467 e. The van der Waals surface area contributed by atoms with Crippen LogP contribution in [-0.4, -0.2) is 25.2 Å². The minimum Gasteiger partial charge on any atom is -0.467 e. The van der Waals surface area contributed by atoms with E-state index in [0.29, 0.717) is 5.69 Å². The summed E-state index contributed by atoms with van der Waals surface area (Å²) in [5.41, 5.74) is 1.73. The highest BCUT2D eigenvalue weighted by atomic mass is 16.5. The highest BCUT2D eigenvalue weighted by Crippen LogP contribution is 2.09. The van der Waals surface area contributed by atoms with E-state index in [1.165, 1.54) is 7.11 Å². The van der Waals surface area contributed by atoms with E-state index in [9.17, 15) is 9.59 Å². The van der Waals surface area contributed by atoms with E-state index in [2.05, 4.69) is 15.4 Å². The van der Waals surface area contributed by atoms with Gasteiger partial charge >= 0.3 is 12.0 Å². The third-order valence-corrected chi connectivity index (χ3v) is 2.18. The highest BCUT2D eigenvalue weighted by Gasteiger charge is 2.15. The van der Waals surface area contributed by atoms with Gasteiger partial charge in [0, 0.05) is 5.69 Å². The normalized spacial score (nSPS) is 11.5. The molecule has 1 rings (SSSR count). The Kier molecular flexibility index (Phi) is 4.51. The van der Waals surface area contributed by atoms with E-state index in [1.54, 1.807) is 13.0 Å². The van der Waals surface area contributed by atoms with Crippen LogP contribution in [0.4, 0.5) is 10.5 Å². The fourth-order valence-corrected chi connectivity index (χ4v) is 1.32. The van der Waals surface area contributed by atoms with Crippen LogP contribution in [0.25, 0.3) is 0 Å². The van der Waals surface area contributed by atoms with Crippen molar-refractivity contribution in [1.82, 2.24) is 5.32 Å². The van der Waals surface area contributed by atoms with Gasteiger partial charge in [0.05, 0.1) is 7.11 Å². The van der Waals surface area contributed by atoms with Gasteiger partial charge in [0.15, 0.2) is 0 Å². The van der Waals surface area contributed by atoms with Crippen molar-refractivity contribution in [3.63, 3.8) is 0 Å². The van der Waals surface area contributed by atoms with Gasteiger partial charge in [-0.2, -0.15) is 0 Å². The molecule has 5 heteroatoms. The average Bonchev–Trinajstić information content (AvgIpc) is 2.27. The lowest BCUT2D eigenvalue weighted by atomic mass is 10.2. The van der Waals surface area contributed by atoms with E-state index >= 15 is 0 Å². The van der Waals surface area contributed by atoms with E-state index in [-0.39, 0.29) is 0 Å². The van der Waals surface area contributed by atoms with Crippen LogP contribution in [0, 0.1) is 6.92 Å². The molecular formula is C12H16N2O3. The Balaban J connectivity index is 2.53. The first-order valence-electron chi connectivity index (χ1n) is 5.25. The van der Waals surface area contributed by atoms with Crippen LogP contribution >= 0.6 is 0 Å². The monoisotopic (exact) mass is 236 g/mol. The summed E-state index contributed by atoms with van der Waals surface area (Å²) < 4.78 is 4.50. The van der Waals surface area contributed by atoms with E-state index in [0.717, 1.165) is 5.56 Å². The maximum Gasteiger partial charge on any atom is 0.328 e. The molecular weight excluding hydrogens is 220 g/mol. The van der Waals surface area contributed by atoms with Gasteiger partial charge < -0.3 is 15.4 Å². The van der Waals surface area contributed by atoms with E-state index in [4.69, 9.17) is 0 Å². The van der Waals surface area contributed by atoms with Gasteiger partial charge in [-0.15, -0.1) is 0 Å². The summed E-state index contributed by atoms with van der Waals surface area (Å²) in [5, 5.41) is 5.11. The van der Waals surface area contributed by atoms with Crippen molar-refractivity contribution in [3.8, 4) is 0 Å². The number of methoxy groups -OCH3 is 1. The predicted molar refractivity (Wildman–Crippen MR) is 64.8 cm³/mol. The molecule has 5 nitrogen and oxygen atoms in total. The summed E-state index contributed by atoms with van der Waals surface area (Å²) in [7, 11) is 1.28. The predicted octanol–water partition coefficient (Wildman–Crippen LogP) is 1.68. The summed E-state index contributed by atoms with van der Waals surface area (Å²) in [5.74, 6) is -0.482. The van der Waals surface area contributed by atoms with Crippen molar-refractivity contribution in [2.75, 3.05) is 12.4 Å². The van der Waals surface area contributed by atoms with Crippen molar-refractivity contribution >= 4 is 17.7 Å². The molecule has 1 atom stereocenters. The quantitative estimate of drug-likeness (QED) is 0.784. The molecule has 0 aliphatic carbocycles. The molecule has 2 N–H and O–H groups in total. The molecule has 0 unspecified atom stereocenters. The van der Waals surface area contributed by atoms with Gasteiger partial charge in [0.25, 0.3) is 0 Å². The Morgan fingerprint density at radius 3 is 2.65 bits per heavy atom. The lowest BCUT2D eigenvalue weighted by Crippen LogP contribution is -2.41. The summed E-state index contributed by atoms with van der Waals surface area (Å²) in [6, 6.07) is 6.27. The maximum atomic E-state index is 11.5. The molecule has 1 aromatic rings. The zero-order chi connectivity index (χ0) is 12.8. The lowest BCUT2D eigenvalue weighted by Gasteiger charge is -2.12. The molecule has 0 aromatic heterocycles. The van der Waals surface area contributed by atoms with Crippen LogP contribution in [0.1, 0.15) is 12.5 Å². The topological polar surface area (TPSA) is 67.4 Å². The van der Waals surface area contributed by atoms with E-state index in [1.807, 2.05) is 25.1 Å². The zero-order valence-corrected chi connectivity index (χ0v) is 10.1. The Labute approximate surface area is 100 Å².